The van der Waals surface area contributed by atoms with E-state index in [0.29, 0.717) is 5.92 Å². The highest BCUT2D eigenvalue weighted by Crippen LogP contribution is 2.25. The highest BCUT2D eigenvalue weighted by molar-refractivity contribution is 7.13. The predicted molar refractivity (Wildman–Crippen MR) is 122 cm³/mol. The lowest BCUT2D eigenvalue weighted by Gasteiger charge is -2.32. The van der Waals surface area contributed by atoms with Gasteiger partial charge in [-0.05, 0) is 49.4 Å². The van der Waals surface area contributed by atoms with E-state index in [0.717, 1.165) is 65.6 Å². The van der Waals surface area contributed by atoms with Gasteiger partial charge in [-0.2, -0.15) is 0 Å². The largest absolute Gasteiger partial charge is 0.340 e. The maximum atomic E-state index is 13.1. The SMILES string of the molecule is Cn1c(C(=O)N2CCC(CCn3sc4ccccc4c3=O)CC2)cc2ccccc21. The summed E-state index contributed by atoms with van der Waals surface area (Å²) in [6.45, 7) is 2.33. The highest BCUT2D eigenvalue weighted by atomic mass is 32.1. The van der Waals surface area contributed by atoms with Gasteiger partial charge in [-0.25, -0.2) is 0 Å². The number of carbonyl (C=O) groups is 1. The zero-order valence-electron chi connectivity index (χ0n) is 17.1. The fourth-order valence-electron chi connectivity index (χ4n) is 4.55. The van der Waals surface area contributed by atoms with Gasteiger partial charge in [0.1, 0.15) is 5.69 Å². The number of para-hydroxylation sites is 1. The van der Waals surface area contributed by atoms with E-state index in [4.69, 9.17) is 0 Å². The first kappa shape index (κ1) is 19.1. The number of hydrogen-bond acceptors (Lipinski definition) is 3. The minimum absolute atomic E-state index is 0.118. The molecule has 1 fully saturated rings. The Morgan fingerprint density at radius 3 is 2.57 bits per heavy atom. The van der Waals surface area contributed by atoms with Crippen molar-refractivity contribution in [2.45, 2.75) is 25.8 Å². The first-order valence-electron chi connectivity index (χ1n) is 10.5. The van der Waals surface area contributed by atoms with Crippen LogP contribution in [0.25, 0.3) is 21.0 Å². The summed E-state index contributed by atoms with van der Waals surface area (Å²) < 4.78 is 4.94. The number of amides is 1. The Kier molecular flexibility index (Phi) is 4.95. The summed E-state index contributed by atoms with van der Waals surface area (Å²) in [6, 6.07) is 17.9. The van der Waals surface area contributed by atoms with E-state index in [9.17, 15) is 9.59 Å². The van der Waals surface area contributed by atoms with Gasteiger partial charge >= 0.3 is 0 Å². The standard InChI is InChI=1S/C24H25N3O2S/c1-25-20-8-4-2-6-18(20)16-21(25)24(29)26-13-10-17(11-14-26)12-15-27-23(28)19-7-3-5-9-22(19)30-27/h2-9,16-17H,10-15H2,1H3. The molecule has 2 aromatic carbocycles. The Morgan fingerprint density at radius 1 is 1.07 bits per heavy atom. The minimum atomic E-state index is 0.118. The van der Waals surface area contributed by atoms with Crippen LogP contribution < -0.4 is 5.56 Å². The molecule has 5 rings (SSSR count). The monoisotopic (exact) mass is 419 g/mol. The van der Waals surface area contributed by atoms with Crippen LogP contribution in [0.15, 0.2) is 59.4 Å². The van der Waals surface area contributed by atoms with Crippen LogP contribution in [-0.2, 0) is 13.6 Å². The number of nitrogens with zero attached hydrogens (tertiary/aromatic N) is 3. The normalized spacial score (nSPS) is 15.3. The summed E-state index contributed by atoms with van der Waals surface area (Å²) in [5.41, 5.74) is 1.97. The fourth-order valence-corrected chi connectivity index (χ4v) is 5.55. The van der Waals surface area contributed by atoms with Crippen molar-refractivity contribution >= 4 is 38.4 Å². The van der Waals surface area contributed by atoms with Crippen molar-refractivity contribution in [3.8, 4) is 0 Å². The van der Waals surface area contributed by atoms with E-state index in [1.807, 2.05) is 75.1 Å². The molecule has 2 aromatic heterocycles. The van der Waals surface area contributed by atoms with Gasteiger partial charge in [0, 0.05) is 37.6 Å². The highest BCUT2D eigenvalue weighted by Gasteiger charge is 2.25. The number of rotatable bonds is 4. The van der Waals surface area contributed by atoms with Gasteiger partial charge in [0.15, 0.2) is 0 Å². The van der Waals surface area contributed by atoms with Gasteiger partial charge in [-0.15, -0.1) is 0 Å². The topological polar surface area (TPSA) is 47.2 Å². The summed E-state index contributed by atoms with van der Waals surface area (Å²) in [5.74, 6) is 0.673. The fraction of sp³-hybridized carbons (Fsp3) is 0.333. The summed E-state index contributed by atoms with van der Waals surface area (Å²) in [7, 11) is 1.96. The molecule has 1 saturated heterocycles. The summed E-state index contributed by atoms with van der Waals surface area (Å²) in [6.07, 6.45) is 2.98. The average molecular weight is 420 g/mol. The lowest BCUT2D eigenvalue weighted by atomic mass is 9.93. The quantitative estimate of drug-likeness (QED) is 0.489. The summed E-state index contributed by atoms with van der Waals surface area (Å²) in [5, 5.41) is 1.92. The molecule has 0 aliphatic carbocycles. The maximum absolute atomic E-state index is 13.1. The number of hydrogen-bond donors (Lipinski definition) is 0. The molecule has 1 aliphatic heterocycles. The molecular weight excluding hydrogens is 394 g/mol. The first-order chi connectivity index (χ1) is 14.6. The third-order valence-electron chi connectivity index (χ3n) is 6.37. The van der Waals surface area contributed by atoms with Crippen molar-refractivity contribution in [1.82, 2.24) is 13.4 Å². The van der Waals surface area contributed by atoms with Gasteiger partial charge < -0.3 is 9.47 Å². The van der Waals surface area contributed by atoms with Crippen LogP contribution in [0.2, 0.25) is 0 Å². The second-order valence-corrected chi connectivity index (χ2v) is 9.23. The molecule has 0 bridgehead atoms. The Balaban J connectivity index is 1.21. The summed E-state index contributed by atoms with van der Waals surface area (Å²) in [4.78, 5) is 27.6. The molecule has 0 radical (unpaired) electrons. The Labute approximate surface area is 179 Å². The maximum Gasteiger partial charge on any atom is 0.270 e. The Bertz CT molecular complexity index is 1270. The van der Waals surface area contributed by atoms with Crippen LogP contribution in [0.3, 0.4) is 0 Å². The van der Waals surface area contributed by atoms with Crippen LogP contribution in [0, 0.1) is 5.92 Å². The van der Waals surface area contributed by atoms with Crippen LogP contribution in [0.4, 0.5) is 0 Å². The molecule has 154 valence electrons. The molecule has 0 saturated carbocycles. The molecule has 1 aliphatic rings. The van der Waals surface area contributed by atoms with Gasteiger partial charge in [0.25, 0.3) is 11.5 Å². The van der Waals surface area contributed by atoms with Crippen molar-refractivity contribution in [3.05, 3.63) is 70.6 Å². The zero-order valence-corrected chi connectivity index (χ0v) is 17.9. The van der Waals surface area contributed by atoms with Crippen LogP contribution in [-0.4, -0.2) is 32.4 Å². The molecule has 0 unspecified atom stereocenters. The molecule has 4 aromatic rings. The third kappa shape index (κ3) is 3.35. The van der Waals surface area contributed by atoms with Gasteiger partial charge in [-0.3, -0.25) is 13.5 Å². The number of piperidine rings is 1. The number of aryl methyl sites for hydroxylation is 2. The number of fused-ring (bicyclic) bond motifs is 2. The van der Waals surface area contributed by atoms with Crippen molar-refractivity contribution in [2.24, 2.45) is 13.0 Å². The number of aromatic nitrogens is 2. The summed E-state index contributed by atoms with van der Waals surface area (Å²) >= 11 is 1.56. The first-order valence-corrected chi connectivity index (χ1v) is 11.3. The molecule has 0 N–H and O–H groups in total. The van der Waals surface area contributed by atoms with Crippen molar-refractivity contribution in [3.63, 3.8) is 0 Å². The molecule has 6 heteroatoms. The van der Waals surface area contributed by atoms with Crippen molar-refractivity contribution in [2.75, 3.05) is 13.1 Å². The van der Waals surface area contributed by atoms with E-state index in [1.165, 1.54) is 0 Å². The van der Waals surface area contributed by atoms with Crippen LogP contribution in [0.1, 0.15) is 29.8 Å². The van der Waals surface area contributed by atoms with E-state index < -0.39 is 0 Å². The van der Waals surface area contributed by atoms with Crippen molar-refractivity contribution < 1.29 is 4.79 Å². The lowest BCUT2D eigenvalue weighted by molar-refractivity contribution is 0.0676. The molecule has 0 atom stereocenters. The molecular formula is C24H25N3O2S. The van der Waals surface area contributed by atoms with Crippen LogP contribution >= 0.6 is 11.5 Å². The third-order valence-corrected chi connectivity index (χ3v) is 7.49. The lowest BCUT2D eigenvalue weighted by Crippen LogP contribution is -2.39. The second kappa shape index (κ2) is 7.76. The van der Waals surface area contributed by atoms with E-state index in [1.54, 1.807) is 11.5 Å². The smallest absolute Gasteiger partial charge is 0.270 e. The van der Waals surface area contributed by atoms with Gasteiger partial charge in [-0.1, -0.05) is 41.9 Å². The van der Waals surface area contributed by atoms with E-state index in [-0.39, 0.29) is 11.5 Å². The molecule has 5 nitrogen and oxygen atoms in total. The number of benzene rings is 2. The van der Waals surface area contributed by atoms with Crippen molar-refractivity contribution in [1.29, 1.82) is 0 Å². The van der Waals surface area contributed by atoms with Crippen LogP contribution in [0.5, 0.6) is 0 Å². The number of likely N-dealkylation sites (tertiary alicyclic amines) is 1. The van der Waals surface area contributed by atoms with E-state index in [2.05, 4.69) is 0 Å². The number of carbonyl (C=O) groups excluding carboxylic acids is 1. The molecule has 0 spiro atoms. The molecule has 1 amide bonds. The molecule has 3 heterocycles. The Morgan fingerprint density at radius 2 is 1.80 bits per heavy atom. The average Bonchev–Trinajstić information content (AvgIpc) is 3.29. The Hall–Kier alpha value is -2.86. The minimum Gasteiger partial charge on any atom is -0.340 e. The second-order valence-electron chi connectivity index (χ2n) is 8.17. The molecule has 30 heavy (non-hydrogen) atoms. The zero-order chi connectivity index (χ0) is 20.7. The predicted octanol–water partition coefficient (Wildman–Crippen LogP) is 4.50. The van der Waals surface area contributed by atoms with Gasteiger partial charge in [0.05, 0.1) is 10.1 Å². The van der Waals surface area contributed by atoms with E-state index >= 15 is 0 Å². The van der Waals surface area contributed by atoms with Gasteiger partial charge in [0.2, 0.25) is 0 Å².